The summed E-state index contributed by atoms with van der Waals surface area (Å²) in [6.45, 7) is 5.39. The van der Waals surface area contributed by atoms with E-state index in [9.17, 15) is 4.79 Å². The number of piperidine rings is 1. The lowest BCUT2D eigenvalue weighted by Gasteiger charge is -2.32. The topological polar surface area (TPSA) is 84.3 Å². The second-order valence-corrected chi connectivity index (χ2v) is 8.45. The van der Waals surface area contributed by atoms with E-state index in [1.807, 2.05) is 26.1 Å². The van der Waals surface area contributed by atoms with E-state index in [4.69, 9.17) is 9.72 Å². The molecule has 2 N–H and O–H groups in total. The molecule has 170 valence electrons. The highest BCUT2D eigenvalue weighted by Crippen LogP contribution is 2.30. The Hall–Kier alpha value is -2.97. The van der Waals surface area contributed by atoms with Crippen molar-refractivity contribution in [2.24, 2.45) is 7.05 Å². The summed E-state index contributed by atoms with van der Waals surface area (Å²) in [6, 6.07) is 12.4. The highest BCUT2D eigenvalue weighted by molar-refractivity contribution is 5.92. The maximum absolute atomic E-state index is 12.6. The Kier molecular flexibility index (Phi) is 7.02. The molecule has 1 saturated heterocycles. The van der Waals surface area contributed by atoms with Crippen LogP contribution in [0.1, 0.15) is 30.1 Å². The van der Waals surface area contributed by atoms with Gasteiger partial charge in [0.05, 0.1) is 13.2 Å². The van der Waals surface area contributed by atoms with Crippen molar-refractivity contribution < 1.29 is 9.53 Å². The molecule has 8 heteroatoms. The molecule has 1 aliphatic rings. The first-order valence-electron chi connectivity index (χ1n) is 11.2. The molecule has 0 saturated carbocycles. The second kappa shape index (κ2) is 10.1. The van der Waals surface area contributed by atoms with Crippen molar-refractivity contribution in [1.82, 2.24) is 19.7 Å². The minimum Gasteiger partial charge on any atom is -0.383 e. The normalized spacial score (nSPS) is 16.9. The van der Waals surface area contributed by atoms with Crippen LogP contribution in [0.15, 0.2) is 36.4 Å². The van der Waals surface area contributed by atoms with Crippen molar-refractivity contribution in [3.8, 4) is 0 Å². The maximum atomic E-state index is 12.6. The van der Waals surface area contributed by atoms with Crippen molar-refractivity contribution in [1.29, 1.82) is 0 Å². The van der Waals surface area contributed by atoms with Gasteiger partial charge in [0.1, 0.15) is 5.82 Å². The van der Waals surface area contributed by atoms with E-state index >= 15 is 0 Å². The van der Waals surface area contributed by atoms with Gasteiger partial charge < -0.3 is 15.4 Å². The zero-order valence-corrected chi connectivity index (χ0v) is 19.1. The molecule has 3 aromatic rings. The quantitative estimate of drug-likeness (QED) is 0.528. The van der Waals surface area contributed by atoms with Crippen molar-refractivity contribution >= 4 is 28.3 Å². The number of rotatable bonds is 8. The SMILES string of the molecule is COCCNc1nc([C@@H]2CCCN(CC(=O)Nc3cc(C)n(C)n3)C2)cc2ccccc12. The number of hydrogen-bond donors (Lipinski definition) is 2. The number of pyridine rings is 1. The molecule has 0 unspecified atom stereocenters. The van der Waals surface area contributed by atoms with Crippen LogP contribution in [-0.2, 0) is 16.6 Å². The fourth-order valence-electron chi connectivity index (χ4n) is 4.28. The van der Waals surface area contributed by atoms with Crippen LogP contribution in [0.5, 0.6) is 0 Å². The molecule has 0 spiro atoms. The lowest BCUT2D eigenvalue weighted by atomic mass is 9.93. The number of nitrogens with one attached hydrogen (secondary N) is 2. The fourth-order valence-corrected chi connectivity index (χ4v) is 4.28. The first kappa shape index (κ1) is 22.2. The second-order valence-electron chi connectivity index (χ2n) is 8.45. The van der Waals surface area contributed by atoms with Crippen molar-refractivity contribution in [3.05, 3.63) is 47.8 Å². The standard InChI is InChI=1S/C24H32N6O2/c1-17-13-22(28-29(17)2)27-23(31)16-30-11-6-8-19(15-30)21-14-18-7-4-5-9-20(18)24(26-21)25-10-12-32-3/h4-5,7,9,13-14,19H,6,8,10-12,15-16H2,1-3H3,(H,25,26)(H,27,28,31)/t19-/m1/s1. The maximum Gasteiger partial charge on any atom is 0.239 e. The molecule has 1 atom stereocenters. The van der Waals surface area contributed by atoms with E-state index < -0.39 is 0 Å². The predicted molar refractivity (Wildman–Crippen MR) is 127 cm³/mol. The van der Waals surface area contributed by atoms with Gasteiger partial charge in [-0.15, -0.1) is 0 Å². The Labute approximate surface area is 189 Å². The van der Waals surface area contributed by atoms with E-state index in [0.717, 1.165) is 48.5 Å². The number of aryl methyl sites for hydroxylation is 2. The van der Waals surface area contributed by atoms with Crippen molar-refractivity contribution in [3.63, 3.8) is 0 Å². The van der Waals surface area contributed by atoms with Crippen molar-refractivity contribution in [2.75, 3.05) is 50.5 Å². The largest absolute Gasteiger partial charge is 0.383 e. The first-order chi connectivity index (χ1) is 15.5. The van der Waals surface area contributed by atoms with Crippen LogP contribution in [0, 0.1) is 6.92 Å². The van der Waals surface area contributed by atoms with Gasteiger partial charge in [0.25, 0.3) is 0 Å². The van der Waals surface area contributed by atoms with Crippen LogP contribution in [0.2, 0.25) is 0 Å². The number of aromatic nitrogens is 3. The molecule has 1 amide bonds. The van der Waals surface area contributed by atoms with Crippen LogP contribution >= 0.6 is 0 Å². The summed E-state index contributed by atoms with van der Waals surface area (Å²) in [7, 11) is 3.57. The predicted octanol–water partition coefficient (Wildman–Crippen LogP) is 3.15. The summed E-state index contributed by atoms with van der Waals surface area (Å²) >= 11 is 0. The molecule has 4 rings (SSSR count). The summed E-state index contributed by atoms with van der Waals surface area (Å²) in [4.78, 5) is 19.8. The van der Waals surface area contributed by atoms with Crippen LogP contribution < -0.4 is 10.6 Å². The smallest absolute Gasteiger partial charge is 0.239 e. The summed E-state index contributed by atoms with van der Waals surface area (Å²) in [5.41, 5.74) is 2.09. The summed E-state index contributed by atoms with van der Waals surface area (Å²) in [5, 5.41) is 12.9. The van der Waals surface area contributed by atoms with Gasteiger partial charge in [-0.1, -0.05) is 24.3 Å². The molecule has 8 nitrogen and oxygen atoms in total. The Morgan fingerprint density at radius 3 is 2.91 bits per heavy atom. The van der Waals surface area contributed by atoms with Gasteiger partial charge >= 0.3 is 0 Å². The number of benzene rings is 1. The van der Waals surface area contributed by atoms with Gasteiger partial charge in [0.2, 0.25) is 5.91 Å². The van der Waals surface area contributed by atoms with Crippen molar-refractivity contribution in [2.45, 2.75) is 25.7 Å². The molecule has 3 heterocycles. The number of carbonyl (C=O) groups excluding carboxylic acids is 1. The van der Waals surface area contributed by atoms with E-state index in [1.165, 1.54) is 5.39 Å². The Bertz CT molecular complexity index is 1060. The molecule has 0 radical (unpaired) electrons. The molecule has 0 aliphatic carbocycles. The van der Waals surface area contributed by atoms with E-state index in [-0.39, 0.29) is 5.91 Å². The van der Waals surface area contributed by atoms with Gasteiger partial charge in [-0.05, 0) is 37.8 Å². The molecule has 1 fully saturated rings. The number of amides is 1. The van der Waals surface area contributed by atoms with Gasteiger partial charge in [0.15, 0.2) is 5.82 Å². The zero-order valence-electron chi connectivity index (χ0n) is 19.1. The highest BCUT2D eigenvalue weighted by Gasteiger charge is 2.25. The molecular formula is C24H32N6O2. The molecule has 1 aliphatic heterocycles. The number of hydrogen-bond acceptors (Lipinski definition) is 6. The van der Waals surface area contributed by atoms with E-state index in [0.29, 0.717) is 31.4 Å². The highest BCUT2D eigenvalue weighted by atomic mass is 16.5. The molecular weight excluding hydrogens is 404 g/mol. The number of fused-ring (bicyclic) bond motifs is 1. The minimum absolute atomic E-state index is 0.0304. The van der Waals surface area contributed by atoms with Crippen LogP contribution in [0.25, 0.3) is 10.8 Å². The Morgan fingerprint density at radius 2 is 2.12 bits per heavy atom. The van der Waals surface area contributed by atoms with Crippen LogP contribution in [0.4, 0.5) is 11.6 Å². The number of likely N-dealkylation sites (tertiary alicyclic amines) is 1. The van der Waals surface area contributed by atoms with E-state index in [2.05, 4.69) is 44.9 Å². The lowest BCUT2D eigenvalue weighted by Crippen LogP contribution is -2.40. The fraction of sp³-hybridized carbons (Fsp3) is 0.458. The third kappa shape index (κ3) is 5.26. The number of methoxy groups -OCH3 is 1. The van der Waals surface area contributed by atoms with Gasteiger partial charge in [-0.2, -0.15) is 5.10 Å². The minimum atomic E-state index is -0.0304. The Balaban J connectivity index is 1.45. The zero-order chi connectivity index (χ0) is 22.5. The lowest BCUT2D eigenvalue weighted by molar-refractivity contribution is -0.117. The molecule has 1 aromatic carbocycles. The average Bonchev–Trinajstić information content (AvgIpc) is 3.10. The third-order valence-electron chi connectivity index (χ3n) is 6.03. The molecule has 0 bridgehead atoms. The monoisotopic (exact) mass is 436 g/mol. The van der Waals surface area contributed by atoms with Gasteiger partial charge in [-0.3, -0.25) is 14.4 Å². The summed E-state index contributed by atoms with van der Waals surface area (Å²) < 4.78 is 6.94. The number of ether oxygens (including phenoxy) is 1. The van der Waals surface area contributed by atoms with Gasteiger partial charge in [0, 0.05) is 56.0 Å². The van der Waals surface area contributed by atoms with Crippen LogP contribution in [-0.4, -0.2) is 65.5 Å². The number of anilines is 2. The van der Waals surface area contributed by atoms with E-state index in [1.54, 1.807) is 11.8 Å². The first-order valence-corrected chi connectivity index (χ1v) is 11.2. The number of nitrogens with zero attached hydrogens (tertiary/aromatic N) is 4. The molecule has 32 heavy (non-hydrogen) atoms. The third-order valence-corrected chi connectivity index (χ3v) is 6.03. The average molecular weight is 437 g/mol. The van der Waals surface area contributed by atoms with Crippen LogP contribution in [0.3, 0.4) is 0 Å². The number of carbonyl (C=O) groups is 1. The molecule has 2 aromatic heterocycles. The summed E-state index contributed by atoms with van der Waals surface area (Å²) in [6.07, 6.45) is 2.11. The Morgan fingerprint density at radius 1 is 1.28 bits per heavy atom. The summed E-state index contributed by atoms with van der Waals surface area (Å²) in [5.74, 6) is 1.76. The van der Waals surface area contributed by atoms with Gasteiger partial charge in [-0.25, -0.2) is 4.98 Å².